The average molecular weight is 391 g/mol. The number of hydrogen-bond donors (Lipinski definition) is 3. The number of H-pyrrole nitrogens is 1. The highest BCUT2D eigenvalue weighted by molar-refractivity contribution is 7.99. The fourth-order valence-electron chi connectivity index (χ4n) is 2.68. The highest BCUT2D eigenvalue weighted by Crippen LogP contribution is 2.35. The Morgan fingerprint density at radius 3 is 2.77 bits per heavy atom. The molecule has 0 bridgehead atoms. The van der Waals surface area contributed by atoms with Crippen LogP contribution in [0.1, 0.15) is 37.5 Å². The van der Waals surface area contributed by atoms with E-state index in [-0.39, 0.29) is 22.8 Å². The lowest BCUT2D eigenvalue weighted by atomic mass is 10.2. The summed E-state index contributed by atoms with van der Waals surface area (Å²) in [5.41, 5.74) is 1.72. The summed E-state index contributed by atoms with van der Waals surface area (Å²) in [4.78, 5) is 23.5. The summed E-state index contributed by atoms with van der Waals surface area (Å²) in [7, 11) is 0. The van der Waals surface area contributed by atoms with E-state index in [0.717, 1.165) is 24.2 Å². The van der Waals surface area contributed by atoms with E-state index < -0.39 is 0 Å². The van der Waals surface area contributed by atoms with E-state index in [0.29, 0.717) is 21.3 Å². The van der Waals surface area contributed by atoms with Gasteiger partial charge in [0.15, 0.2) is 16.6 Å². The highest BCUT2D eigenvalue weighted by atomic mass is 32.2. The summed E-state index contributed by atoms with van der Waals surface area (Å²) in [6.07, 6.45) is 1.77. The molecule has 0 fully saturated rings. The molecule has 0 aliphatic heterocycles. The van der Waals surface area contributed by atoms with E-state index in [4.69, 9.17) is 0 Å². The Balaban J connectivity index is 1.92. The number of aliphatic hydroxyl groups is 1. The van der Waals surface area contributed by atoms with Gasteiger partial charge in [0.1, 0.15) is 4.70 Å². The zero-order chi connectivity index (χ0) is 18.5. The van der Waals surface area contributed by atoms with Crippen molar-refractivity contribution in [3.05, 3.63) is 45.6 Å². The molecule has 0 saturated carbocycles. The first kappa shape index (κ1) is 18.9. The van der Waals surface area contributed by atoms with Gasteiger partial charge >= 0.3 is 4.87 Å². The van der Waals surface area contributed by atoms with Gasteiger partial charge in [-0.1, -0.05) is 66.8 Å². The molecule has 2 heterocycles. The Kier molecular flexibility index (Phi) is 6.29. The minimum absolute atomic E-state index is 0.0154. The van der Waals surface area contributed by atoms with Crippen LogP contribution in [0, 0.1) is 0 Å². The summed E-state index contributed by atoms with van der Waals surface area (Å²) in [6, 6.07) is 10.1. The van der Waals surface area contributed by atoms with Crippen LogP contribution in [0.2, 0.25) is 0 Å². The van der Waals surface area contributed by atoms with Gasteiger partial charge in [-0.3, -0.25) is 9.78 Å². The Labute approximate surface area is 160 Å². The number of anilines is 1. The summed E-state index contributed by atoms with van der Waals surface area (Å²) in [5.74, 6) is 0.605. The quantitative estimate of drug-likeness (QED) is 0.400. The number of aromatic nitrogens is 3. The molecular formula is C18H22N4O2S2. The van der Waals surface area contributed by atoms with Crippen molar-refractivity contribution in [3.8, 4) is 0 Å². The lowest BCUT2D eigenvalue weighted by Gasteiger charge is -2.17. The van der Waals surface area contributed by atoms with E-state index in [9.17, 15) is 9.90 Å². The van der Waals surface area contributed by atoms with Gasteiger partial charge in [0.2, 0.25) is 0 Å². The van der Waals surface area contributed by atoms with Crippen molar-refractivity contribution in [2.24, 2.45) is 0 Å². The van der Waals surface area contributed by atoms with E-state index in [1.807, 2.05) is 18.2 Å². The number of benzene rings is 1. The zero-order valence-electron chi connectivity index (χ0n) is 14.7. The zero-order valence-corrected chi connectivity index (χ0v) is 16.4. The molecule has 0 amide bonds. The Bertz CT molecular complexity index is 910. The molecule has 138 valence electrons. The second kappa shape index (κ2) is 8.66. The van der Waals surface area contributed by atoms with Crippen LogP contribution in [0.15, 0.2) is 40.3 Å². The second-order valence-electron chi connectivity index (χ2n) is 6.03. The predicted molar refractivity (Wildman–Crippen MR) is 108 cm³/mol. The molecular weight excluding hydrogens is 368 g/mol. The molecule has 26 heavy (non-hydrogen) atoms. The third-order valence-corrected chi connectivity index (χ3v) is 5.91. The molecule has 3 N–H and O–H groups in total. The van der Waals surface area contributed by atoms with Gasteiger partial charge in [0, 0.05) is 5.25 Å². The molecule has 0 unspecified atom stereocenters. The van der Waals surface area contributed by atoms with Gasteiger partial charge < -0.3 is 10.4 Å². The van der Waals surface area contributed by atoms with Gasteiger partial charge in [0.05, 0.1) is 12.6 Å². The van der Waals surface area contributed by atoms with Crippen LogP contribution in [0.25, 0.3) is 10.3 Å². The number of hydrogen-bond acceptors (Lipinski definition) is 7. The number of nitrogens with zero attached hydrogens (tertiary/aromatic N) is 2. The van der Waals surface area contributed by atoms with Crippen molar-refractivity contribution in [2.45, 2.75) is 43.1 Å². The normalized spacial score (nSPS) is 13.7. The van der Waals surface area contributed by atoms with Gasteiger partial charge in [-0.2, -0.15) is 0 Å². The predicted octanol–water partition coefficient (Wildman–Crippen LogP) is 3.81. The first-order valence-electron chi connectivity index (χ1n) is 8.60. The molecule has 2 aromatic heterocycles. The van der Waals surface area contributed by atoms with Crippen LogP contribution < -0.4 is 10.2 Å². The molecule has 0 aliphatic carbocycles. The fraction of sp³-hybridized carbons (Fsp3) is 0.389. The number of aromatic amines is 1. The van der Waals surface area contributed by atoms with Crippen molar-refractivity contribution < 1.29 is 5.11 Å². The van der Waals surface area contributed by atoms with Crippen LogP contribution in [-0.2, 0) is 0 Å². The second-order valence-corrected chi connectivity index (χ2v) is 8.32. The first-order chi connectivity index (χ1) is 12.6. The topological polar surface area (TPSA) is 90.9 Å². The van der Waals surface area contributed by atoms with Crippen molar-refractivity contribution in [1.29, 1.82) is 0 Å². The van der Waals surface area contributed by atoms with Gasteiger partial charge in [-0.25, -0.2) is 9.97 Å². The van der Waals surface area contributed by atoms with Crippen molar-refractivity contribution in [2.75, 3.05) is 11.9 Å². The maximum Gasteiger partial charge on any atom is 0.306 e. The Morgan fingerprint density at radius 1 is 1.31 bits per heavy atom. The molecule has 2 atom stereocenters. The van der Waals surface area contributed by atoms with Crippen LogP contribution in [0.3, 0.4) is 0 Å². The van der Waals surface area contributed by atoms with Crippen LogP contribution in [0.4, 0.5) is 5.82 Å². The van der Waals surface area contributed by atoms with Crippen LogP contribution >= 0.6 is 23.1 Å². The molecule has 1 aromatic carbocycles. The van der Waals surface area contributed by atoms with Crippen molar-refractivity contribution in [3.63, 3.8) is 0 Å². The number of nitrogens with one attached hydrogen (secondary N) is 2. The lowest BCUT2D eigenvalue weighted by molar-refractivity contribution is 0.268. The number of aliphatic hydroxyl groups excluding tert-OH is 1. The third kappa shape index (κ3) is 4.44. The van der Waals surface area contributed by atoms with Crippen LogP contribution in [0.5, 0.6) is 0 Å². The fourth-order valence-corrected chi connectivity index (χ4v) is 4.30. The SMILES string of the molecule is CCC[C@H](CO)Nc1nc(S[C@@H](C)c2ccccc2)nc2[nH]c(=O)sc12. The van der Waals surface area contributed by atoms with E-state index >= 15 is 0 Å². The smallest absolute Gasteiger partial charge is 0.306 e. The standard InChI is InChI=1S/C18H22N4O2S2/c1-3-7-13(10-23)19-15-14-16(22-18(24)26-14)21-17(20-15)25-11(2)12-8-5-4-6-9-12/h4-6,8-9,11,13,23H,3,7,10H2,1-2H3,(H2,19,20,21,22,24)/t11-,13+/m0/s1. The molecule has 3 aromatic rings. The molecule has 0 radical (unpaired) electrons. The first-order valence-corrected chi connectivity index (χ1v) is 10.3. The Morgan fingerprint density at radius 2 is 2.08 bits per heavy atom. The molecule has 0 spiro atoms. The summed E-state index contributed by atoms with van der Waals surface area (Å²) >= 11 is 2.62. The largest absolute Gasteiger partial charge is 0.394 e. The number of fused-ring (bicyclic) bond motifs is 1. The summed E-state index contributed by atoms with van der Waals surface area (Å²) in [5, 5.41) is 13.6. The lowest BCUT2D eigenvalue weighted by Crippen LogP contribution is -2.24. The summed E-state index contributed by atoms with van der Waals surface area (Å²) in [6.45, 7) is 4.18. The molecule has 0 saturated heterocycles. The van der Waals surface area contributed by atoms with E-state index in [2.05, 4.69) is 46.2 Å². The van der Waals surface area contributed by atoms with E-state index in [1.54, 1.807) is 11.8 Å². The average Bonchev–Trinajstić information content (AvgIpc) is 3.02. The molecule has 0 aliphatic rings. The van der Waals surface area contributed by atoms with E-state index in [1.165, 1.54) is 5.56 Å². The monoisotopic (exact) mass is 390 g/mol. The van der Waals surface area contributed by atoms with Gasteiger partial charge in [-0.05, 0) is 18.9 Å². The maximum atomic E-state index is 11.8. The van der Waals surface area contributed by atoms with Gasteiger partial charge in [0.25, 0.3) is 0 Å². The highest BCUT2D eigenvalue weighted by Gasteiger charge is 2.17. The molecule has 8 heteroatoms. The molecule has 3 rings (SSSR count). The van der Waals surface area contributed by atoms with Crippen molar-refractivity contribution in [1.82, 2.24) is 15.0 Å². The summed E-state index contributed by atoms with van der Waals surface area (Å²) < 4.78 is 0.696. The van der Waals surface area contributed by atoms with Gasteiger partial charge in [-0.15, -0.1) is 0 Å². The number of thiazole rings is 1. The Hall–Kier alpha value is -1.90. The van der Waals surface area contributed by atoms with Crippen molar-refractivity contribution >= 4 is 39.3 Å². The molecule has 6 nitrogen and oxygen atoms in total. The number of rotatable bonds is 8. The minimum Gasteiger partial charge on any atom is -0.394 e. The van der Waals surface area contributed by atoms with Crippen LogP contribution in [-0.4, -0.2) is 32.7 Å². The third-order valence-electron chi connectivity index (χ3n) is 4.01. The minimum atomic E-state index is -0.161. The number of thioether (sulfide) groups is 1. The maximum absolute atomic E-state index is 11.8.